The van der Waals surface area contributed by atoms with Gasteiger partial charge in [-0.25, -0.2) is 9.97 Å². The van der Waals surface area contributed by atoms with Crippen molar-refractivity contribution in [1.29, 1.82) is 0 Å². The minimum atomic E-state index is -0.00728. The van der Waals surface area contributed by atoms with E-state index in [1.165, 1.54) is 0 Å². The molecule has 1 saturated heterocycles. The van der Waals surface area contributed by atoms with Gasteiger partial charge in [-0.15, -0.1) is 0 Å². The van der Waals surface area contributed by atoms with E-state index < -0.39 is 0 Å². The fourth-order valence-corrected chi connectivity index (χ4v) is 3.54. The molecule has 1 aliphatic rings. The van der Waals surface area contributed by atoms with Gasteiger partial charge in [0.05, 0.1) is 12.8 Å². The first-order valence-electron chi connectivity index (χ1n) is 10.5. The fraction of sp³-hybridized carbons (Fsp3) is 0.522. The van der Waals surface area contributed by atoms with Gasteiger partial charge < -0.3 is 15.0 Å². The highest BCUT2D eigenvalue weighted by molar-refractivity contribution is 5.94. The van der Waals surface area contributed by atoms with Gasteiger partial charge in [0.25, 0.3) is 0 Å². The Bertz CT molecular complexity index is 816. The molecule has 1 aromatic carbocycles. The van der Waals surface area contributed by atoms with E-state index >= 15 is 0 Å². The lowest BCUT2D eigenvalue weighted by Crippen LogP contribution is -2.38. The molecule has 2 aromatic rings. The summed E-state index contributed by atoms with van der Waals surface area (Å²) in [5.41, 5.74) is 1.80. The van der Waals surface area contributed by atoms with Crippen molar-refractivity contribution in [2.45, 2.75) is 52.4 Å². The van der Waals surface area contributed by atoms with Crippen LogP contribution in [0.25, 0.3) is 0 Å². The first kappa shape index (κ1) is 21.1. The Morgan fingerprint density at radius 2 is 1.79 bits per heavy atom. The second-order valence-corrected chi connectivity index (χ2v) is 8.27. The van der Waals surface area contributed by atoms with Gasteiger partial charge in [-0.1, -0.05) is 39.8 Å². The number of nitrogens with zero attached hydrogens (tertiary/aromatic N) is 3. The Balaban J connectivity index is 1.66. The van der Waals surface area contributed by atoms with Gasteiger partial charge in [-0.3, -0.25) is 4.79 Å². The summed E-state index contributed by atoms with van der Waals surface area (Å²) in [5.74, 6) is 3.25. The van der Waals surface area contributed by atoms with Crippen LogP contribution in [0.5, 0.6) is 5.75 Å². The standard InChI is InChI=1S/C23H32N4O2/c1-15(2)19-14-21(26-22(24-19)16(3)4)27-12-10-17(11-13-27)23(28)25-18-8-6-7-9-20(18)29-5/h6-9,14-17H,10-13H2,1-5H3,(H,25,28). The number of ether oxygens (including phenoxy) is 1. The Hall–Kier alpha value is -2.63. The number of aromatic nitrogens is 2. The topological polar surface area (TPSA) is 67.3 Å². The zero-order valence-corrected chi connectivity index (χ0v) is 18.1. The van der Waals surface area contributed by atoms with E-state index in [0.717, 1.165) is 49.0 Å². The van der Waals surface area contributed by atoms with Gasteiger partial charge in [-0.05, 0) is 30.9 Å². The number of carbonyl (C=O) groups excluding carboxylic acids is 1. The van der Waals surface area contributed by atoms with Crippen molar-refractivity contribution < 1.29 is 9.53 Å². The summed E-state index contributed by atoms with van der Waals surface area (Å²) in [6, 6.07) is 9.62. The van der Waals surface area contributed by atoms with Gasteiger partial charge in [-0.2, -0.15) is 0 Å². The fourth-order valence-electron chi connectivity index (χ4n) is 3.54. The molecule has 0 bridgehead atoms. The number of rotatable bonds is 6. The van der Waals surface area contributed by atoms with Crippen molar-refractivity contribution >= 4 is 17.4 Å². The Labute approximate surface area is 173 Å². The molecule has 1 aromatic heterocycles. The lowest BCUT2D eigenvalue weighted by atomic mass is 9.95. The van der Waals surface area contributed by atoms with E-state index in [-0.39, 0.29) is 17.7 Å². The zero-order chi connectivity index (χ0) is 21.0. The van der Waals surface area contributed by atoms with Crippen LogP contribution in [0.2, 0.25) is 0 Å². The number of anilines is 2. The molecule has 0 aliphatic carbocycles. The number of hydrogen-bond donors (Lipinski definition) is 1. The highest BCUT2D eigenvalue weighted by atomic mass is 16.5. The van der Waals surface area contributed by atoms with Crippen molar-refractivity contribution in [1.82, 2.24) is 9.97 Å². The van der Waals surface area contributed by atoms with Gasteiger partial charge in [0.1, 0.15) is 17.4 Å². The molecule has 0 saturated carbocycles. The molecule has 6 nitrogen and oxygen atoms in total. The largest absolute Gasteiger partial charge is 0.495 e. The van der Waals surface area contributed by atoms with Crippen LogP contribution >= 0.6 is 0 Å². The molecule has 1 aliphatic heterocycles. The summed E-state index contributed by atoms with van der Waals surface area (Å²) in [6.45, 7) is 10.2. The monoisotopic (exact) mass is 396 g/mol. The zero-order valence-electron chi connectivity index (χ0n) is 18.1. The highest BCUT2D eigenvalue weighted by Crippen LogP contribution is 2.28. The van der Waals surface area contributed by atoms with Gasteiger partial charge >= 0.3 is 0 Å². The van der Waals surface area contributed by atoms with E-state index in [2.05, 4.69) is 44.0 Å². The molecule has 1 amide bonds. The first-order chi connectivity index (χ1) is 13.9. The number of amides is 1. The van der Waals surface area contributed by atoms with Crippen LogP contribution < -0.4 is 15.0 Å². The maximum atomic E-state index is 12.8. The molecular weight excluding hydrogens is 364 g/mol. The minimum Gasteiger partial charge on any atom is -0.495 e. The van der Waals surface area contributed by atoms with Crippen LogP contribution in [-0.2, 0) is 4.79 Å². The molecule has 0 spiro atoms. The van der Waals surface area contributed by atoms with E-state index in [1.807, 2.05) is 24.3 Å². The van der Waals surface area contributed by atoms with E-state index in [9.17, 15) is 4.79 Å². The molecule has 1 fully saturated rings. The first-order valence-corrected chi connectivity index (χ1v) is 10.5. The van der Waals surface area contributed by atoms with Crippen LogP contribution in [0.15, 0.2) is 30.3 Å². The average molecular weight is 397 g/mol. The summed E-state index contributed by atoms with van der Waals surface area (Å²) in [5, 5.41) is 3.03. The summed E-state index contributed by atoms with van der Waals surface area (Å²) in [4.78, 5) is 24.6. The molecule has 156 valence electrons. The van der Waals surface area contributed by atoms with Crippen LogP contribution in [0.1, 0.15) is 63.9 Å². The number of hydrogen-bond acceptors (Lipinski definition) is 5. The smallest absolute Gasteiger partial charge is 0.227 e. The highest BCUT2D eigenvalue weighted by Gasteiger charge is 2.27. The van der Waals surface area contributed by atoms with Crippen molar-refractivity contribution in [3.05, 3.63) is 41.9 Å². The Morgan fingerprint density at radius 3 is 2.41 bits per heavy atom. The maximum absolute atomic E-state index is 12.8. The second kappa shape index (κ2) is 9.25. The van der Waals surface area contributed by atoms with Crippen LogP contribution in [0, 0.1) is 5.92 Å². The predicted molar refractivity (Wildman–Crippen MR) is 117 cm³/mol. The Morgan fingerprint density at radius 1 is 1.10 bits per heavy atom. The number of carbonyl (C=O) groups is 1. The number of methoxy groups -OCH3 is 1. The summed E-state index contributed by atoms with van der Waals surface area (Å²) in [6.07, 6.45) is 1.61. The van der Waals surface area contributed by atoms with Gasteiger partial charge in [0.15, 0.2) is 0 Å². The molecule has 6 heteroatoms. The SMILES string of the molecule is COc1ccccc1NC(=O)C1CCN(c2cc(C(C)C)nc(C(C)C)n2)CC1. The van der Waals surface area contributed by atoms with Crippen molar-refractivity contribution in [3.63, 3.8) is 0 Å². The number of benzene rings is 1. The molecule has 0 atom stereocenters. The maximum Gasteiger partial charge on any atom is 0.227 e. The molecule has 0 radical (unpaired) electrons. The molecule has 29 heavy (non-hydrogen) atoms. The number of para-hydroxylation sites is 2. The third kappa shape index (κ3) is 5.05. The van der Waals surface area contributed by atoms with E-state index in [1.54, 1.807) is 7.11 Å². The summed E-state index contributed by atoms with van der Waals surface area (Å²) >= 11 is 0. The van der Waals surface area contributed by atoms with Gasteiger partial charge in [0.2, 0.25) is 5.91 Å². The summed E-state index contributed by atoms with van der Waals surface area (Å²) in [7, 11) is 1.61. The third-order valence-electron chi connectivity index (χ3n) is 5.41. The minimum absolute atomic E-state index is 0.00728. The molecule has 0 unspecified atom stereocenters. The quantitative estimate of drug-likeness (QED) is 0.774. The molecular formula is C23H32N4O2. The summed E-state index contributed by atoms with van der Waals surface area (Å²) < 4.78 is 5.33. The predicted octanol–water partition coefficient (Wildman–Crippen LogP) is 4.59. The molecule has 3 rings (SSSR count). The number of piperidine rings is 1. The van der Waals surface area contributed by atoms with Gasteiger partial charge in [0, 0.05) is 36.7 Å². The third-order valence-corrected chi connectivity index (χ3v) is 5.41. The second-order valence-electron chi connectivity index (χ2n) is 8.27. The lowest BCUT2D eigenvalue weighted by molar-refractivity contribution is -0.120. The molecule has 1 N–H and O–H groups in total. The Kier molecular flexibility index (Phi) is 6.72. The average Bonchev–Trinajstić information content (AvgIpc) is 2.73. The normalized spacial score (nSPS) is 15.1. The van der Waals surface area contributed by atoms with E-state index in [4.69, 9.17) is 14.7 Å². The van der Waals surface area contributed by atoms with Crippen LogP contribution in [-0.4, -0.2) is 36.1 Å². The van der Waals surface area contributed by atoms with Crippen molar-refractivity contribution in [3.8, 4) is 5.75 Å². The van der Waals surface area contributed by atoms with Crippen molar-refractivity contribution in [2.75, 3.05) is 30.4 Å². The number of nitrogens with one attached hydrogen (secondary N) is 1. The molecule has 2 heterocycles. The lowest BCUT2D eigenvalue weighted by Gasteiger charge is -2.32. The van der Waals surface area contributed by atoms with Crippen LogP contribution in [0.3, 0.4) is 0 Å². The van der Waals surface area contributed by atoms with Crippen molar-refractivity contribution in [2.24, 2.45) is 5.92 Å². The van der Waals surface area contributed by atoms with E-state index in [0.29, 0.717) is 11.7 Å². The van der Waals surface area contributed by atoms with Crippen LogP contribution in [0.4, 0.5) is 11.5 Å².